The van der Waals surface area contributed by atoms with Crippen LogP contribution in [-0.4, -0.2) is 29.4 Å². The Morgan fingerprint density at radius 1 is 1.41 bits per heavy atom. The molecule has 0 aromatic carbocycles. The molecule has 1 aliphatic carbocycles. The van der Waals surface area contributed by atoms with Gasteiger partial charge in [-0.2, -0.15) is 0 Å². The third kappa shape index (κ3) is 3.44. The number of hydrogen-bond acceptors (Lipinski definition) is 4. The lowest BCUT2D eigenvalue weighted by atomic mass is 10.3. The molecule has 0 bridgehead atoms. The number of nitrogens with two attached hydrogens (primary N) is 1. The van der Waals surface area contributed by atoms with Gasteiger partial charge in [-0.25, -0.2) is 4.98 Å². The van der Waals surface area contributed by atoms with Crippen molar-refractivity contribution in [2.75, 3.05) is 11.9 Å². The van der Waals surface area contributed by atoms with Gasteiger partial charge < -0.3 is 16.4 Å². The smallest absolute Gasteiger partial charge is 0.250 e. The SMILES string of the molecule is NC(=O)c1ccc(NCC(=O)NC2CC2)nc1. The van der Waals surface area contributed by atoms with E-state index in [1.807, 2.05) is 0 Å². The number of nitrogens with zero attached hydrogens (tertiary/aromatic N) is 1. The normalized spacial score (nSPS) is 14.1. The quantitative estimate of drug-likeness (QED) is 0.661. The fraction of sp³-hybridized carbons (Fsp3) is 0.364. The molecule has 1 fully saturated rings. The number of carbonyl (C=O) groups is 2. The summed E-state index contributed by atoms with van der Waals surface area (Å²) in [5.74, 6) is -0.0234. The summed E-state index contributed by atoms with van der Waals surface area (Å²) in [7, 11) is 0. The number of rotatable bonds is 5. The van der Waals surface area contributed by atoms with Crippen LogP contribution in [0.25, 0.3) is 0 Å². The highest BCUT2D eigenvalue weighted by Crippen LogP contribution is 2.18. The molecular formula is C11H14N4O2. The maximum absolute atomic E-state index is 11.4. The van der Waals surface area contributed by atoms with E-state index in [4.69, 9.17) is 5.73 Å². The van der Waals surface area contributed by atoms with Crippen molar-refractivity contribution in [3.8, 4) is 0 Å². The third-order valence-corrected chi connectivity index (χ3v) is 2.42. The first-order chi connectivity index (χ1) is 8.15. The van der Waals surface area contributed by atoms with Crippen LogP contribution in [0.2, 0.25) is 0 Å². The Morgan fingerprint density at radius 2 is 2.18 bits per heavy atom. The molecule has 1 saturated carbocycles. The molecule has 6 nitrogen and oxygen atoms in total. The zero-order valence-electron chi connectivity index (χ0n) is 9.27. The van der Waals surface area contributed by atoms with Gasteiger partial charge in [0.1, 0.15) is 5.82 Å². The van der Waals surface area contributed by atoms with E-state index in [1.165, 1.54) is 6.20 Å². The van der Waals surface area contributed by atoms with E-state index in [9.17, 15) is 9.59 Å². The summed E-state index contributed by atoms with van der Waals surface area (Å²) < 4.78 is 0. The molecule has 0 radical (unpaired) electrons. The molecule has 0 spiro atoms. The molecule has 0 saturated heterocycles. The van der Waals surface area contributed by atoms with Crippen LogP contribution in [0.4, 0.5) is 5.82 Å². The van der Waals surface area contributed by atoms with E-state index in [0.717, 1.165) is 12.8 Å². The number of aromatic nitrogens is 1. The third-order valence-electron chi connectivity index (χ3n) is 2.42. The van der Waals surface area contributed by atoms with Crippen molar-refractivity contribution < 1.29 is 9.59 Å². The summed E-state index contributed by atoms with van der Waals surface area (Å²) in [6.45, 7) is 0.180. The van der Waals surface area contributed by atoms with Crippen molar-refractivity contribution in [3.05, 3.63) is 23.9 Å². The first-order valence-corrected chi connectivity index (χ1v) is 5.44. The Kier molecular flexibility index (Phi) is 3.22. The van der Waals surface area contributed by atoms with Crippen LogP contribution in [0.5, 0.6) is 0 Å². The van der Waals surface area contributed by atoms with Crippen molar-refractivity contribution in [2.45, 2.75) is 18.9 Å². The Labute approximate surface area is 98.6 Å². The van der Waals surface area contributed by atoms with Gasteiger partial charge in [0, 0.05) is 12.2 Å². The second-order valence-electron chi connectivity index (χ2n) is 3.99. The van der Waals surface area contributed by atoms with Gasteiger partial charge >= 0.3 is 0 Å². The van der Waals surface area contributed by atoms with Crippen molar-refractivity contribution in [2.24, 2.45) is 5.73 Å². The average molecular weight is 234 g/mol. The van der Waals surface area contributed by atoms with Crippen LogP contribution in [0.15, 0.2) is 18.3 Å². The largest absolute Gasteiger partial charge is 0.366 e. The van der Waals surface area contributed by atoms with Gasteiger partial charge in [-0.15, -0.1) is 0 Å². The molecule has 17 heavy (non-hydrogen) atoms. The minimum Gasteiger partial charge on any atom is -0.366 e. The number of amides is 2. The predicted molar refractivity (Wildman–Crippen MR) is 62.4 cm³/mol. The number of nitrogens with one attached hydrogen (secondary N) is 2. The van der Waals surface area contributed by atoms with Crippen LogP contribution in [0, 0.1) is 0 Å². The molecule has 4 N–H and O–H groups in total. The summed E-state index contributed by atoms with van der Waals surface area (Å²) in [6.07, 6.45) is 3.51. The lowest BCUT2D eigenvalue weighted by Gasteiger charge is -2.06. The van der Waals surface area contributed by atoms with Gasteiger partial charge in [0.2, 0.25) is 11.8 Å². The zero-order chi connectivity index (χ0) is 12.3. The molecule has 1 heterocycles. The minimum atomic E-state index is -0.518. The van der Waals surface area contributed by atoms with E-state index in [2.05, 4.69) is 15.6 Å². The molecule has 6 heteroatoms. The second kappa shape index (κ2) is 4.82. The Bertz CT molecular complexity index is 426. The minimum absolute atomic E-state index is 0.0479. The molecule has 0 aliphatic heterocycles. The maximum atomic E-state index is 11.4. The van der Waals surface area contributed by atoms with E-state index in [1.54, 1.807) is 12.1 Å². The summed E-state index contributed by atoms with van der Waals surface area (Å²) in [6, 6.07) is 3.54. The number of pyridine rings is 1. The van der Waals surface area contributed by atoms with Crippen molar-refractivity contribution >= 4 is 17.6 Å². The molecule has 1 aromatic heterocycles. The fourth-order valence-electron chi connectivity index (χ4n) is 1.32. The van der Waals surface area contributed by atoms with Crippen molar-refractivity contribution in [1.29, 1.82) is 0 Å². The van der Waals surface area contributed by atoms with Crippen LogP contribution in [-0.2, 0) is 4.79 Å². The van der Waals surface area contributed by atoms with Gasteiger partial charge in [0.25, 0.3) is 0 Å². The number of primary amides is 1. The van der Waals surface area contributed by atoms with Gasteiger partial charge in [-0.3, -0.25) is 9.59 Å². The lowest BCUT2D eigenvalue weighted by molar-refractivity contribution is -0.119. The summed E-state index contributed by atoms with van der Waals surface area (Å²) in [5.41, 5.74) is 5.43. The molecule has 0 atom stereocenters. The van der Waals surface area contributed by atoms with Crippen molar-refractivity contribution in [1.82, 2.24) is 10.3 Å². The summed E-state index contributed by atoms with van der Waals surface area (Å²) in [5, 5.41) is 5.72. The van der Waals surface area contributed by atoms with Crippen LogP contribution in [0.1, 0.15) is 23.2 Å². The number of hydrogen-bond donors (Lipinski definition) is 3. The number of anilines is 1. The molecule has 1 aromatic rings. The highest BCUT2D eigenvalue weighted by molar-refractivity contribution is 5.92. The lowest BCUT2D eigenvalue weighted by Crippen LogP contribution is -2.31. The average Bonchev–Trinajstić information content (AvgIpc) is 3.11. The standard InChI is InChI=1S/C11H14N4O2/c12-11(17)7-1-4-9(13-5-7)14-6-10(16)15-8-2-3-8/h1,4-5,8H,2-3,6H2,(H2,12,17)(H,13,14)(H,15,16). The predicted octanol–water partition coefficient (Wildman–Crippen LogP) is -0.129. The van der Waals surface area contributed by atoms with Crippen LogP contribution in [0.3, 0.4) is 0 Å². The molecule has 2 amide bonds. The van der Waals surface area contributed by atoms with E-state index >= 15 is 0 Å². The van der Waals surface area contributed by atoms with Gasteiger partial charge in [-0.1, -0.05) is 0 Å². The topological polar surface area (TPSA) is 97.1 Å². The van der Waals surface area contributed by atoms with Gasteiger partial charge in [0.05, 0.1) is 12.1 Å². The summed E-state index contributed by atoms with van der Waals surface area (Å²) in [4.78, 5) is 26.1. The second-order valence-corrected chi connectivity index (χ2v) is 3.99. The van der Waals surface area contributed by atoms with Gasteiger partial charge in [0.15, 0.2) is 0 Å². The number of carbonyl (C=O) groups excluding carboxylic acids is 2. The first kappa shape index (κ1) is 11.4. The molecule has 0 unspecified atom stereocenters. The maximum Gasteiger partial charge on any atom is 0.250 e. The molecule has 90 valence electrons. The van der Waals surface area contributed by atoms with E-state index < -0.39 is 5.91 Å². The molecule has 2 rings (SSSR count). The van der Waals surface area contributed by atoms with Crippen LogP contribution >= 0.6 is 0 Å². The van der Waals surface area contributed by atoms with Gasteiger partial charge in [-0.05, 0) is 25.0 Å². The Hall–Kier alpha value is -2.11. The fourth-order valence-corrected chi connectivity index (χ4v) is 1.32. The van der Waals surface area contributed by atoms with Crippen LogP contribution < -0.4 is 16.4 Å². The first-order valence-electron chi connectivity index (χ1n) is 5.44. The Balaban J connectivity index is 1.81. The highest BCUT2D eigenvalue weighted by Gasteiger charge is 2.22. The highest BCUT2D eigenvalue weighted by atomic mass is 16.2. The zero-order valence-corrected chi connectivity index (χ0v) is 9.27. The van der Waals surface area contributed by atoms with E-state index in [0.29, 0.717) is 17.4 Å². The van der Waals surface area contributed by atoms with Crippen molar-refractivity contribution in [3.63, 3.8) is 0 Å². The monoisotopic (exact) mass is 234 g/mol. The van der Waals surface area contributed by atoms with E-state index in [-0.39, 0.29) is 12.5 Å². The molecule has 1 aliphatic rings. The molecular weight excluding hydrogens is 220 g/mol. The summed E-state index contributed by atoms with van der Waals surface area (Å²) >= 11 is 0. The Morgan fingerprint density at radius 3 is 2.71 bits per heavy atom.